The molecule has 0 N–H and O–H groups in total. The topological polar surface area (TPSA) is 6.48 Å². The molecule has 8 aromatic carbocycles. The Bertz CT molecular complexity index is 2680. The van der Waals surface area contributed by atoms with E-state index >= 15 is 0 Å². The van der Waals surface area contributed by atoms with Gasteiger partial charge in [-0.15, -0.1) is 0 Å². The lowest BCUT2D eigenvalue weighted by Crippen LogP contribution is -2.29. The Labute approximate surface area is 363 Å². The van der Waals surface area contributed by atoms with Gasteiger partial charge in [-0.3, -0.25) is 0 Å². The van der Waals surface area contributed by atoms with E-state index in [1.165, 1.54) is 100 Å². The molecule has 0 amide bonds. The minimum absolute atomic E-state index is 0.620. The minimum Gasteiger partial charge on any atom is -0.310 e. The zero-order chi connectivity index (χ0) is 42.7. The van der Waals surface area contributed by atoms with Crippen LogP contribution in [0.1, 0.15) is 77.9 Å². The molecule has 1 aliphatic rings. The van der Waals surface area contributed by atoms with Gasteiger partial charge < -0.3 is 9.80 Å². The molecule has 61 heavy (non-hydrogen) atoms. The summed E-state index contributed by atoms with van der Waals surface area (Å²) in [7, 11) is 0. The first-order valence-electron chi connectivity index (χ1n) is 21.7. The third-order valence-electron chi connectivity index (χ3n) is 12.9. The van der Waals surface area contributed by atoms with Gasteiger partial charge >= 0.3 is 0 Å². The Morgan fingerprint density at radius 3 is 0.869 bits per heavy atom. The first kappa shape index (κ1) is 39.8. The van der Waals surface area contributed by atoms with Gasteiger partial charge in [-0.2, -0.15) is 0 Å². The quantitative estimate of drug-likeness (QED) is 0.151. The van der Waals surface area contributed by atoms with Gasteiger partial charge in [-0.1, -0.05) is 143 Å². The molecule has 0 radical (unpaired) electrons. The van der Waals surface area contributed by atoms with Crippen molar-refractivity contribution in [3.8, 4) is 11.1 Å². The van der Waals surface area contributed by atoms with E-state index < -0.39 is 5.41 Å². The zero-order valence-corrected chi connectivity index (χ0v) is 37.4. The normalized spacial score (nSPS) is 12.6. The van der Waals surface area contributed by atoms with Crippen molar-refractivity contribution in [3.63, 3.8) is 0 Å². The second kappa shape index (κ2) is 15.4. The third kappa shape index (κ3) is 6.85. The highest BCUT2D eigenvalue weighted by atomic mass is 15.2. The van der Waals surface area contributed by atoms with Crippen molar-refractivity contribution in [3.05, 3.63) is 236 Å². The highest BCUT2D eigenvalue weighted by Gasteiger charge is 2.47. The van der Waals surface area contributed by atoms with E-state index in [0.717, 1.165) is 22.7 Å². The molecule has 0 bridgehead atoms. The molecule has 0 unspecified atom stereocenters. The number of nitrogens with zero attached hydrogens (tertiary/aromatic N) is 2. The van der Waals surface area contributed by atoms with Gasteiger partial charge in [0.1, 0.15) is 0 Å². The van der Waals surface area contributed by atoms with Gasteiger partial charge in [-0.25, -0.2) is 0 Å². The molecule has 2 nitrogen and oxygen atoms in total. The number of hydrogen-bond acceptors (Lipinski definition) is 2. The molecule has 302 valence electrons. The fourth-order valence-corrected chi connectivity index (χ4v) is 10.2. The highest BCUT2D eigenvalue weighted by Crippen LogP contribution is 2.59. The van der Waals surface area contributed by atoms with Crippen molar-refractivity contribution in [1.29, 1.82) is 0 Å². The van der Waals surface area contributed by atoms with Gasteiger partial charge in [0.25, 0.3) is 0 Å². The predicted molar refractivity (Wildman–Crippen MR) is 260 cm³/mol. The molecule has 2 heteroatoms. The van der Waals surface area contributed by atoms with Crippen LogP contribution in [0.5, 0.6) is 0 Å². The van der Waals surface area contributed by atoms with E-state index in [1.807, 2.05) is 0 Å². The summed E-state index contributed by atoms with van der Waals surface area (Å²) in [4.78, 5) is 4.96. The second-order valence-corrected chi connectivity index (χ2v) is 17.8. The van der Waals surface area contributed by atoms with Crippen molar-refractivity contribution in [2.45, 2.75) is 74.7 Å². The molecule has 0 spiro atoms. The van der Waals surface area contributed by atoms with Crippen molar-refractivity contribution in [2.75, 3.05) is 9.80 Å². The van der Waals surface area contributed by atoms with Crippen molar-refractivity contribution in [1.82, 2.24) is 0 Å². The largest absolute Gasteiger partial charge is 0.310 e. The van der Waals surface area contributed by atoms with Crippen LogP contribution < -0.4 is 9.80 Å². The molecule has 1 aliphatic carbocycles. The summed E-state index contributed by atoms with van der Waals surface area (Å²) in [5.41, 5.74) is 26.6. The maximum atomic E-state index is 2.50. The average molecular weight is 793 g/mol. The van der Waals surface area contributed by atoms with Crippen LogP contribution in [0.3, 0.4) is 0 Å². The number of aryl methyl sites for hydroxylation is 10. The fraction of sp³-hybridized carbons (Fsp3) is 0.186. The number of benzene rings is 8. The average Bonchev–Trinajstić information content (AvgIpc) is 3.51. The van der Waals surface area contributed by atoms with Gasteiger partial charge in [0.2, 0.25) is 0 Å². The molecule has 0 saturated carbocycles. The van der Waals surface area contributed by atoms with Crippen LogP contribution in [-0.2, 0) is 5.41 Å². The lowest BCUT2D eigenvalue weighted by molar-refractivity contribution is 0.767. The Balaban J connectivity index is 1.37. The molecule has 9 rings (SSSR count). The van der Waals surface area contributed by atoms with Gasteiger partial charge in [0, 0.05) is 22.7 Å². The molecule has 0 heterocycles. The second-order valence-electron chi connectivity index (χ2n) is 17.8. The van der Waals surface area contributed by atoms with E-state index in [9.17, 15) is 0 Å². The fourth-order valence-electron chi connectivity index (χ4n) is 10.2. The Kier molecular flexibility index (Phi) is 10.1. The summed E-state index contributed by atoms with van der Waals surface area (Å²) in [6.07, 6.45) is 0. The number of rotatable bonds is 8. The monoisotopic (exact) mass is 792 g/mol. The maximum absolute atomic E-state index is 2.50. The van der Waals surface area contributed by atoms with E-state index in [0.29, 0.717) is 0 Å². The first-order valence-corrected chi connectivity index (χ1v) is 21.7. The Hall–Kier alpha value is -6.64. The summed E-state index contributed by atoms with van der Waals surface area (Å²) in [6, 6.07) is 60.3. The van der Waals surface area contributed by atoms with Gasteiger partial charge in [0.05, 0.1) is 16.8 Å². The lowest BCUT2D eigenvalue weighted by atomic mass is 9.67. The molecule has 0 aromatic heterocycles. The van der Waals surface area contributed by atoms with E-state index in [-0.39, 0.29) is 0 Å². The summed E-state index contributed by atoms with van der Waals surface area (Å²) in [5, 5.41) is 0. The van der Waals surface area contributed by atoms with Crippen LogP contribution in [0.2, 0.25) is 0 Å². The van der Waals surface area contributed by atoms with Crippen molar-refractivity contribution >= 4 is 34.1 Å². The number of anilines is 6. The molecule has 0 fully saturated rings. The standard InChI is InChI=1S/C59H56N2/c1-37-11-19-47(20-12-37)59(48-21-13-38(2)14-22-48)55-35-51(60(49-23-15-39(3)16-24-49)57-43(7)31-41(5)32-44(57)8)27-29-53(55)54-30-28-52(36-56(54)59)61(50-25-17-40(4)18-26-50)58-45(9)33-42(6)34-46(58)10/h11-36H,1-10H3. The zero-order valence-electron chi connectivity index (χ0n) is 37.4. The van der Waals surface area contributed by atoms with E-state index in [2.05, 4.69) is 237 Å². The molecule has 0 atom stereocenters. The molecule has 0 aliphatic heterocycles. The van der Waals surface area contributed by atoms with Crippen molar-refractivity contribution < 1.29 is 0 Å². The smallest absolute Gasteiger partial charge is 0.0715 e. The van der Waals surface area contributed by atoms with Gasteiger partial charge in [-0.05, 0) is 173 Å². The Morgan fingerprint density at radius 2 is 0.557 bits per heavy atom. The van der Waals surface area contributed by atoms with Gasteiger partial charge in [0.15, 0.2) is 0 Å². The van der Waals surface area contributed by atoms with Crippen LogP contribution in [0.4, 0.5) is 34.1 Å². The molecule has 0 saturated heterocycles. The number of fused-ring (bicyclic) bond motifs is 3. The highest BCUT2D eigenvalue weighted by molar-refractivity contribution is 5.92. The summed E-state index contributed by atoms with van der Waals surface area (Å²) >= 11 is 0. The summed E-state index contributed by atoms with van der Waals surface area (Å²) in [6.45, 7) is 22.1. The van der Waals surface area contributed by atoms with Crippen molar-refractivity contribution in [2.24, 2.45) is 0 Å². The first-order chi connectivity index (χ1) is 29.3. The van der Waals surface area contributed by atoms with Crippen LogP contribution in [-0.4, -0.2) is 0 Å². The molecule has 8 aromatic rings. The minimum atomic E-state index is -0.620. The molecular formula is C59H56N2. The summed E-state index contributed by atoms with van der Waals surface area (Å²) < 4.78 is 0. The van der Waals surface area contributed by atoms with Crippen LogP contribution >= 0.6 is 0 Å². The van der Waals surface area contributed by atoms with Crippen LogP contribution in [0.25, 0.3) is 11.1 Å². The van der Waals surface area contributed by atoms with Crippen LogP contribution in [0.15, 0.2) is 158 Å². The SMILES string of the molecule is Cc1ccc(N(c2ccc3c(c2)C(c2ccc(C)cc2)(c2ccc(C)cc2)c2cc(N(c4ccc(C)cc4)c4c(C)cc(C)cc4C)ccc2-3)c2c(C)cc(C)cc2C)cc1. The van der Waals surface area contributed by atoms with E-state index in [1.54, 1.807) is 0 Å². The summed E-state index contributed by atoms with van der Waals surface area (Å²) in [5.74, 6) is 0. The number of hydrogen-bond donors (Lipinski definition) is 0. The van der Waals surface area contributed by atoms with E-state index in [4.69, 9.17) is 0 Å². The predicted octanol–water partition coefficient (Wildman–Crippen LogP) is 16.1. The third-order valence-corrected chi connectivity index (χ3v) is 12.9. The molecular weight excluding hydrogens is 737 g/mol. The Morgan fingerprint density at radius 1 is 0.279 bits per heavy atom. The van der Waals surface area contributed by atoms with Crippen LogP contribution in [0, 0.1) is 69.2 Å². The maximum Gasteiger partial charge on any atom is 0.0715 e. The lowest BCUT2D eigenvalue weighted by Gasteiger charge is -2.36.